The predicted molar refractivity (Wildman–Crippen MR) is 153 cm³/mol. The van der Waals surface area contributed by atoms with E-state index in [0.717, 1.165) is 48.9 Å². The van der Waals surface area contributed by atoms with Crippen LogP contribution in [-0.4, -0.2) is 54.6 Å². The maximum atomic E-state index is 13.4. The van der Waals surface area contributed by atoms with E-state index in [9.17, 15) is 9.18 Å². The molecule has 0 spiro atoms. The van der Waals surface area contributed by atoms with Gasteiger partial charge in [-0.15, -0.1) is 0 Å². The molecule has 183 valence electrons. The van der Waals surface area contributed by atoms with Gasteiger partial charge in [0, 0.05) is 12.0 Å². The minimum absolute atomic E-state index is 0.175. The lowest BCUT2D eigenvalue weighted by Gasteiger charge is -2.23. The molecule has 0 atom stereocenters. The molecule has 37 heavy (non-hydrogen) atoms. The molecule has 0 amide bonds. The van der Waals surface area contributed by atoms with Crippen molar-refractivity contribution in [3.8, 4) is 0 Å². The van der Waals surface area contributed by atoms with Crippen LogP contribution < -0.4 is 5.46 Å². The Morgan fingerprint density at radius 3 is 2.35 bits per heavy atom. The zero-order chi connectivity index (χ0) is 25.4. The molecule has 0 aliphatic carbocycles. The Morgan fingerprint density at radius 2 is 1.59 bits per heavy atom. The molecule has 0 unspecified atom stereocenters. The number of amidine groups is 1. The number of benzene rings is 5. The number of rotatable bonds is 4. The molecule has 0 saturated heterocycles. The van der Waals surface area contributed by atoms with Crippen LogP contribution in [0.15, 0.2) is 78.9 Å². The highest BCUT2D eigenvalue weighted by atomic mass is 19.1. The average molecular weight is 488 g/mol. The summed E-state index contributed by atoms with van der Waals surface area (Å²) in [5.74, 6) is 1.45. The second-order valence-corrected chi connectivity index (χ2v) is 10.0. The molecule has 7 rings (SSSR count). The first-order valence-corrected chi connectivity index (χ1v) is 13.2. The molecule has 0 N–H and O–H groups in total. The number of hydrogen-bond donors (Lipinski definition) is 0. The zero-order valence-electron chi connectivity index (χ0n) is 21.2. The fourth-order valence-corrected chi connectivity index (χ4v) is 5.99. The van der Waals surface area contributed by atoms with Gasteiger partial charge in [0.05, 0.1) is 26.1 Å². The normalized spacial score (nSPS) is 15.2. The molecule has 3 nitrogen and oxygen atoms in total. The van der Waals surface area contributed by atoms with Crippen LogP contribution in [0, 0.1) is 5.82 Å². The molecule has 0 saturated carbocycles. The molecular formula is C32H30BFN2O+. The largest absolute Gasteiger partial charge is 0.290 e. The van der Waals surface area contributed by atoms with E-state index < -0.39 is 0 Å². The van der Waals surface area contributed by atoms with Gasteiger partial charge in [-0.3, -0.25) is 14.3 Å². The lowest BCUT2D eigenvalue weighted by atomic mass is 9.73. The zero-order valence-corrected chi connectivity index (χ0v) is 21.2. The van der Waals surface area contributed by atoms with Crippen LogP contribution in [0.3, 0.4) is 0 Å². The van der Waals surface area contributed by atoms with Crippen LogP contribution in [-0.2, 0) is 0 Å². The number of Topliss-reactive ketones (excluding diaryl/α,β-unsaturated/α-hetero) is 1. The first-order valence-electron chi connectivity index (χ1n) is 13.2. The fraction of sp³-hybridized carbons (Fsp3) is 0.250. The standard InChI is InChI=1S/C25H23N2O.C7H7BF/c28-22(16-27-15-3-14-26-13-2-6-23(26)27)20-11-9-19-8-7-17-4-1-5-18-10-12-21(20)25(19)24(17)18;1-8-6-3-2-4-7(9)5-6/h1,4-5,7-12H,2-3,6,13-16H2;2-5H,1H3/q+1;. The van der Waals surface area contributed by atoms with E-state index >= 15 is 0 Å². The molecule has 2 aliphatic heterocycles. The second kappa shape index (κ2) is 9.97. The van der Waals surface area contributed by atoms with Crippen LogP contribution in [0.2, 0.25) is 6.82 Å². The first-order chi connectivity index (χ1) is 18.1. The van der Waals surface area contributed by atoms with Gasteiger partial charge in [0.25, 0.3) is 0 Å². The van der Waals surface area contributed by atoms with E-state index in [0.29, 0.717) is 6.54 Å². The average Bonchev–Trinajstić information content (AvgIpc) is 3.42. The highest BCUT2D eigenvalue weighted by Gasteiger charge is 2.32. The molecular weight excluding hydrogens is 458 g/mol. The summed E-state index contributed by atoms with van der Waals surface area (Å²) in [7, 11) is 1.86. The van der Waals surface area contributed by atoms with Gasteiger partial charge in [0.15, 0.2) is 0 Å². The molecule has 5 heteroatoms. The molecule has 0 aromatic heterocycles. The summed E-state index contributed by atoms with van der Waals surface area (Å²) in [5, 5.41) is 7.31. The van der Waals surface area contributed by atoms with Crippen molar-refractivity contribution in [2.75, 3.05) is 26.2 Å². The van der Waals surface area contributed by atoms with E-state index in [1.165, 1.54) is 51.3 Å². The highest BCUT2D eigenvalue weighted by molar-refractivity contribution is 6.51. The van der Waals surface area contributed by atoms with Crippen LogP contribution >= 0.6 is 0 Å². The van der Waals surface area contributed by atoms with E-state index in [-0.39, 0.29) is 11.6 Å². The van der Waals surface area contributed by atoms with Crippen LogP contribution in [0.5, 0.6) is 0 Å². The Balaban J connectivity index is 0.000000239. The van der Waals surface area contributed by atoms with Crippen LogP contribution in [0.1, 0.15) is 29.6 Å². The van der Waals surface area contributed by atoms with E-state index in [1.54, 1.807) is 6.07 Å². The van der Waals surface area contributed by atoms with Crippen molar-refractivity contribution in [3.63, 3.8) is 0 Å². The van der Waals surface area contributed by atoms with Gasteiger partial charge in [-0.1, -0.05) is 79.0 Å². The van der Waals surface area contributed by atoms with Crippen LogP contribution in [0.4, 0.5) is 4.39 Å². The quantitative estimate of drug-likeness (QED) is 0.137. The summed E-state index contributed by atoms with van der Waals surface area (Å²) in [6.07, 6.45) is 3.49. The lowest BCUT2D eigenvalue weighted by Crippen LogP contribution is -2.43. The van der Waals surface area contributed by atoms with Gasteiger partial charge in [-0.2, -0.15) is 0 Å². The monoisotopic (exact) mass is 488 g/mol. The SMILES string of the molecule is C[B]c1cccc(F)c1.O=C(CN1CCC[N+]2=C1CCC2)c1ccc2ccc3cccc4ccc1c2c34. The lowest BCUT2D eigenvalue weighted by molar-refractivity contribution is -0.529. The Hall–Kier alpha value is -3.73. The smallest absolute Gasteiger partial charge is 0.247 e. The maximum Gasteiger partial charge on any atom is 0.247 e. The maximum absolute atomic E-state index is 13.4. The number of ketones is 1. The molecule has 2 heterocycles. The predicted octanol–water partition coefficient (Wildman–Crippen LogP) is 5.88. The Morgan fingerprint density at radius 1 is 0.892 bits per heavy atom. The molecule has 5 aromatic rings. The number of halogens is 1. The minimum atomic E-state index is -0.175. The molecule has 0 fully saturated rings. The van der Waals surface area contributed by atoms with Crippen molar-refractivity contribution in [1.82, 2.24) is 4.90 Å². The van der Waals surface area contributed by atoms with Crippen molar-refractivity contribution in [1.29, 1.82) is 0 Å². The van der Waals surface area contributed by atoms with Gasteiger partial charge in [0.1, 0.15) is 19.6 Å². The number of nitrogens with zero attached hydrogens (tertiary/aromatic N) is 2. The third-order valence-electron chi connectivity index (χ3n) is 7.76. The summed E-state index contributed by atoms with van der Waals surface area (Å²) >= 11 is 0. The first kappa shape index (κ1) is 23.7. The number of hydrogen-bond acceptors (Lipinski definition) is 2. The summed E-state index contributed by atoms with van der Waals surface area (Å²) in [5.41, 5.74) is 1.79. The third-order valence-corrected chi connectivity index (χ3v) is 7.76. The van der Waals surface area contributed by atoms with Gasteiger partial charge < -0.3 is 0 Å². The van der Waals surface area contributed by atoms with Crippen molar-refractivity contribution in [2.45, 2.75) is 26.1 Å². The summed E-state index contributed by atoms with van der Waals surface area (Å²) < 4.78 is 14.8. The van der Waals surface area contributed by atoms with Crippen molar-refractivity contribution >= 4 is 56.7 Å². The Bertz CT molecular complexity index is 1630. The molecule has 5 aromatic carbocycles. The van der Waals surface area contributed by atoms with Gasteiger partial charge in [-0.05, 0) is 50.9 Å². The number of carbonyl (C=O) groups is 1. The highest BCUT2D eigenvalue weighted by Crippen LogP contribution is 2.36. The molecule has 1 radical (unpaired) electrons. The van der Waals surface area contributed by atoms with E-state index in [4.69, 9.17) is 0 Å². The third kappa shape index (κ3) is 4.48. The Labute approximate surface area is 217 Å². The van der Waals surface area contributed by atoms with Crippen molar-refractivity contribution in [2.24, 2.45) is 0 Å². The minimum Gasteiger partial charge on any atom is -0.290 e. The molecule has 0 bridgehead atoms. The fourth-order valence-electron chi connectivity index (χ4n) is 5.99. The molecule has 2 aliphatic rings. The number of carbonyl (C=O) groups excluding carboxylic acids is 1. The van der Waals surface area contributed by atoms with Crippen LogP contribution in [0.25, 0.3) is 32.3 Å². The second-order valence-electron chi connectivity index (χ2n) is 10.0. The van der Waals surface area contributed by atoms with Gasteiger partial charge >= 0.3 is 0 Å². The van der Waals surface area contributed by atoms with E-state index in [2.05, 4.69) is 58.0 Å². The van der Waals surface area contributed by atoms with Gasteiger partial charge in [0.2, 0.25) is 11.6 Å². The van der Waals surface area contributed by atoms with Crippen molar-refractivity contribution in [3.05, 3.63) is 90.2 Å². The van der Waals surface area contributed by atoms with Gasteiger partial charge in [-0.25, -0.2) is 4.39 Å². The summed E-state index contributed by atoms with van der Waals surface area (Å²) in [4.78, 5) is 15.7. The van der Waals surface area contributed by atoms with Crippen molar-refractivity contribution < 1.29 is 13.8 Å². The topological polar surface area (TPSA) is 23.3 Å². The summed E-state index contributed by atoms with van der Waals surface area (Å²) in [6.45, 7) is 5.69. The summed E-state index contributed by atoms with van der Waals surface area (Å²) in [6, 6.07) is 25.7. The Kier molecular flexibility index (Phi) is 6.37. The van der Waals surface area contributed by atoms with E-state index in [1.807, 2.05) is 26.2 Å².